The van der Waals surface area contributed by atoms with Crippen molar-refractivity contribution in [1.29, 1.82) is 0 Å². The van der Waals surface area contributed by atoms with Crippen molar-refractivity contribution in [3.8, 4) is 0 Å². The van der Waals surface area contributed by atoms with Gasteiger partial charge in [0, 0.05) is 23.3 Å². The zero-order valence-corrected chi connectivity index (χ0v) is 12.0. The van der Waals surface area contributed by atoms with E-state index in [0.717, 1.165) is 12.8 Å². The van der Waals surface area contributed by atoms with Crippen LogP contribution in [0.5, 0.6) is 0 Å². The highest BCUT2D eigenvalue weighted by Gasteiger charge is 2.32. The Kier molecular flexibility index (Phi) is 4.84. The number of rotatable bonds is 5. The third kappa shape index (κ3) is 4.13. The van der Waals surface area contributed by atoms with E-state index in [0.29, 0.717) is 17.3 Å². The van der Waals surface area contributed by atoms with E-state index >= 15 is 0 Å². The number of hydrogen-bond donors (Lipinski definition) is 1. The minimum atomic E-state index is -0.314. The van der Waals surface area contributed by atoms with Crippen LogP contribution >= 0.6 is 11.6 Å². The quantitative estimate of drug-likeness (QED) is 0.850. The Labute approximate surface area is 122 Å². The normalized spacial score (nSPS) is 13.7. The molecule has 6 heteroatoms. The molecule has 5 nitrogen and oxygen atoms in total. The molecule has 1 aromatic carbocycles. The van der Waals surface area contributed by atoms with Gasteiger partial charge < -0.3 is 15.0 Å². The van der Waals surface area contributed by atoms with Crippen LogP contribution < -0.4 is 5.32 Å². The molecule has 2 rings (SSSR count). The maximum Gasteiger partial charge on any atom is 0.322 e. The predicted octanol–water partition coefficient (Wildman–Crippen LogP) is 2.90. The lowest BCUT2D eigenvalue weighted by atomic mass is 10.3. The number of benzene rings is 1. The van der Waals surface area contributed by atoms with Gasteiger partial charge in [0.2, 0.25) is 0 Å². The summed E-state index contributed by atoms with van der Waals surface area (Å²) in [5.74, 6) is -0.314. The molecule has 1 aliphatic carbocycles. The Hall–Kier alpha value is -1.75. The first-order valence-corrected chi connectivity index (χ1v) is 6.88. The lowest BCUT2D eigenvalue weighted by molar-refractivity contribution is -0.140. The molecule has 1 aliphatic rings. The van der Waals surface area contributed by atoms with Gasteiger partial charge in [-0.3, -0.25) is 4.79 Å². The van der Waals surface area contributed by atoms with Crippen LogP contribution in [-0.4, -0.2) is 36.6 Å². The van der Waals surface area contributed by atoms with Gasteiger partial charge in [-0.15, -0.1) is 0 Å². The molecule has 0 saturated heterocycles. The standard InChI is InChI=1S/C14H17ClN2O3/c1-20-13(18)7-8-17(12-5-6-12)14(19)16-11-4-2-3-10(15)9-11/h2-4,9,12H,5-8H2,1H3,(H,16,19). The molecule has 1 saturated carbocycles. The van der Waals surface area contributed by atoms with Crippen LogP contribution in [0.15, 0.2) is 24.3 Å². The van der Waals surface area contributed by atoms with Crippen molar-refractivity contribution in [3.05, 3.63) is 29.3 Å². The van der Waals surface area contributed by atoms with E-state index < -0.39 is 0 Å². The number of nitrogens with zero attached hydrogens (tertiary/aromatic N) is 1. The summed E-state index contributed by atoms with van der Waals surface area (Å²) in [5.41, 5.74) is 0.645. The highest BCUT2D eigenvalue weighted by atomic mass is 35.5. The number of ether oxygens (including phenoxy) is 1. The molecule has 0 heterocycles. The largest absolute Gasteiger partial charge is 0.469 e. The van der Waals surface area contributed by atoms with E-state index in [1.165, 1.54) is 7.11 Å². The molecular weight excluding hydrogens is 280 g/mol. The number of carbonyl (C=O) groups excluding carboxylic acids is 2. The van der Waals surface area contributed by atoms with Gasteiger partial charge in [0.1, 0.15) is 0 Å². The van der Waals surface area contributed by atoms with Crippen LogP contribution in [0.3, 0.4) is 0 Å². The Morgan fingerprint density at radius 1 is 1.45 bits per heavy atom. The summed E-state index contributed by atoms with van der Waals surface area (Å²) in [7, 11) is 1.34. The number of nitrogens with one attached hydrogen (secondary N) is 1. The SMILES string of the molecule is COC(=O)CCN(C(=O)Nc1cccc(Cl)c1)C1CC1. The second-order valence-electron chi connectivity index (χ2n) is 4.69. The molecule has 0 aliphatic heterocycles. The lowest BCUT2D eigenvalue weighted by Gasteiger charge is -2.22. The third-order valence-corrected chi connectivity index (χ3v) is 3.34. The number of amides is 2. The van der Waals surface area contributed by atoms with Gasteiger partial charge in [-0.2, -0.15) is 0 Å². The van der Waals surface area contributed by atoms with Crippen LogP contribution in [-0.2, 0) is 9.53 Å². The van der Waals surface area contributed by atoms with E-state index in [1.807, 2.05) is 0 Å². The Morgan fingerprint density at radius 2 is 2.20 bits per heavy atom. The van der Waals surface area contributed by atoms with Crippen molar-refractivity contribution in [3.63, 3.8) is 0 Å². The highest BCUT2D eigenvalue weighted by Crippen LogP contribution is 2.28. The van der Waals surface area contributed by atoms with Crippen LogP contribution in [0.25, 0.3) is 0 Å². The minimum Gasteiger partial charge on any atom is -0.469 e. The van der Waals surface area contributed by atoms with Crippen LogP contribution in [0, 0.1) is 0 Å². The fourth-order valence-electron chi connectivity index (χ4n) is 1.91. The molecule has 0 aromatic heterocycles. The van der Waals surface area contributed by atoms with E-state index in [9.17, 15) is 9.59 Å². The highest BCUT2D eigenvalue weighted by molar-refractivity contribution is 6.30. The zero-order chi connectivity index (χ0) is 14.5. The monoisotopic (exact) mass is 296 g/mol. The van der Waals surface area contributed by atoms with E-state index in [2.05, 4.69) is 10.1 Å². The lowest BCUT2D eigenvalue weighted by Crippen LogP contribution is -2.38. The Bertz CT molecular complexity index is 503. The van der Waals surface area contributed by atoms with Crippen LogP contribution in [0.2, 0.25) is 5.02 Å². The number of methoxy groups -OCH3 is 1. The summed E-state index contributed by atoms with van der Waals surface area (Å²) >= 11 is 5.88. The van der Waals surface area contributed by atoms with E-state index in [1.54, 1.807) is 29.2 Å². The Morgan fingerprint density at radius 3 is 2.80 bits per heavy atom. The first kappa shape index (κ1) is 14.7. The summed E-state index contributed by atoms with van der Waals surface area (Å²) in [4.78, 5) is 25.1. The topological polar surface area (TPSA) is 58.6 Å². The molecule has 0 spiro atoms. The van der Waals surface area contributed by atoms with Gasteiger partial charge >= 0.3 is 12.0 Å². The maximum absolute atomic E-state index is 12.2. The third-order valence-electron chi connectivity index (χ3n) is 3.11. The number of carbonyl (C=O) groups is 2. The van der Waals surface area contributed by atoms with Crippen LogP contribution in [0.4, 0.5) is 10.5 Å². The smallest absolute Gasteiger partial charge is 0.322 e. The minimum absolute atomic E-state index is 0.204. The first-order chi connectivity index (χ1) is 9.60. The molecule has 0 atom stereocenters. The summed E-state index contributed by atoms with van der Waals surface area (Å²) in [6.45, 7) is 0.365. The Balaban J connectivity index is 1.95. The maximum atomic E-state index is 12.2. The van der Waals surface area contributed by atoms with Gasteiger partial charge in [-0.1, -0.05) is 17.7 Å². The number of hydrogen-bond acceptors (Lipinski definition) is 3. The fourth-order valence-corrected chi connectivity index (χ4v) is 2.10. The summed E-state index contributed by atoms with van der Waals surface area (Å²) in [5, 5.41) is 3.36. The molecule has 108 valence electrons. The first-order valence-electron chi connectivity index (χ1n) is 6.50. The van der Waals surface area contributed by atoms with Crippen molar-refractivity contribution in [2.24, 2.45) is 0 Å². The van der Waals surface area contributed by atoms with Crippen molar-refractivity contribution < 1.29 is 14.3 Å². The number of esters is 1. The van der Waals surface area contributed by atoms with Gasteiger partial charge in [-0.05, 0) is 31.0 Å². The molecule has 1 aromatic rings. The predicted molar refractivity (Wildman–Crippen MR) is 76.8 cm³/mol. The molecular formula is C14H17ClN2O3. The molecule has 20 heavy (non-hydrogen) atoms. The molecule has 1 N–H and O–H groups in total. The fraction of sp³-hybridized carbons (Fsp3) is 0.429. The average molecular weight is 297 g/mol. The van der Waals surface area contributed by atoms with Crippen molar-refractivity contribution >= 4 is 29.3 Å². The van der Waals surface area contributed by atoms with Gasteiger partial charge in [0.25, 0.3) is 0 Å². The van der Waals surface area contributed by atoms with Gasteiger partial charge in [0.15, 0.2) is 0 Å². The molecule has 0 unspecified atom stereocenters. The molecule has 0 bridgehead atoms. The summed E-state index contributed by atoms with van der Waals surface area (Å²) in [6, 6.07) is 6.98. The van der Waals surface area contributed by atoms with Crippen molar-refractivity contribution in [1.82, 2.24) is 4.90 Å². The number of halogens is 1. The zero-order valence-electron chi connectivity index (χ0n) is 11.3. The van der Waals surface area contributed by atoms with Crippen molar-refractivity contribution in [2.75, 3.05) is 19.0 Å². The summed E-state index contributed by atoms with van der Waals surface area (Å²) in [6.07, 6.45) is 2.16. The van der Waals surface area contributed by atoms with Gasteiger partial charge in [0.05, 0.1) is 13.5 Å². The summed E-state index contributed by atoms with van der Waals surface area (Å²) < 4.78 is 4.60. The number of urea groups is 1. The van der Waals surface area contributed by atoms with Gasteiger partial charge in [-0.25, -0.2) is 4.79 Å². The van der Waals surface area contributed by atoms with Crippen LogP contribution in [0.1, 0.15) is 19.3 Å². The molecule has 1 fully saturated rings. The molecule has 0 radical (unpaired) electrons. The van der Waals surface area contributed by atoms with E-state index in [-0.39, 0.29) is 24.5 Å². The molecule has 2 amide bonds. The second kappa shape index (κ2) is 6.61. The van der Waals surface area contributed by atoms with E-state index in [4.69, 9.17) is 11.6 Å². The average Bonchev–Trinajstić information content (AvgIpc) is 3.23. The second-order valence-corrected chi connectivity index (χ2v) is 5.13. The van der Waals surface area contributed by atoms with Crippen molar-refractivity contribution in [2.45, 2.75) is 25.3 Å². The number of anilines is 1.